The first-order valence-electron chi connectivity index (χ1n) is 10.6. The lowest BCUT2D eigenvalue weighted by Gasteiger charge is -2.28. The number of hydrogen-bond donors (Lipinski definition) is 0. The maximum absolute atomic E-state index is 12.6. The molecule has 0 aliphatic carbocycles. The molecule has 0 spiro atoms. The third-order valence-corrected chi connectivity index (χ3v) is 5.81. The lowest BCUT2D eigenvalue weighted by molar-refractivity contribution is 0.0183. The van der Waals surface area contributed by atoms with E-state index in [0.717, 1.165) is 33.9 Å². The van der Waals surface area contributed by atoms with Crippen LogP contribution in [0, 0.1) is 0 Å². The minimum atomic E-state index is -0.510. The van der Waals surface area contributed by atoms with E-state index in [1.165, 1.54) is 0 Å². The number of nitrogens with zero attached hydrogens (tertiary/aromatic N) is 3. The van der Waals surface area contributed by atoms with Crippen molar-refractivity contribution in [3.05, 3.63) is 58.6 Å². The molecule has 7 heteroatoms. The Morgan fingerprint density at radius 3 is 2.65 bits per heavy atom. The van der Waals surface area contributed by atoms with Gasteiger partial charge in [-0.2, -0.15) is 4.98 Å². The Hall–Kier alpha value is -2.54. The van der Waals surface area contributed by atoms with Crippen LogP contribution < -0.4 is 4.74 Å². The Labute approximate surface area is 191 Å². The van der Waals surface area contributed by atoms with E-state index in [-0.39, 0.29) is 12.1 Å². The summed E-state index contributed by atoms with van der Waals surface area (Å²) in [6, 6.07) is 16.8. The SMILES string of the molecule is CC(C)(C)OC(=O)N1CCCC1COc1nc2ccccc2n1Cc1ccc(Br)cc1. The van der Waals surface area contributed by atoms with Gasteiger partial charge in [-0.05, 0) is 63.4 Å². The van der Waals surface area contributed by atoms with Crippen LogP contribution in [0.25, 0.3) is 11.0 Å². The van der Waals surface area contributed by atoms with Gasteiger partial charge >= 0.3 is 6.09 Å². The lowest BCUT2D eigenvalue weighted by Crippen LogP contribution is -2.42. The third-order valence-electron chi connectivity index (χ3n) is 5.28. The summed E-state index contributed by atoms with van der Waals surface area (Å²) in [6.45, 7) is 7.40. The van der Waals surface area contributed by atoms with Gasteiger partial charge in [-0.25, -0.2) is 4.79 Å². The Morgan fingerprint density at radius 1 is 1.16 bits per heavy atom. The minimum absolute atomic E-state index is 0.0178. The van der Waals surface area contributed by atoms with Crippen LogP contribution in [0.5, 0.6) is 6.01 Å². The fourth-order valence-corrected chi connectivity index (χ4v) is 4.09. The molecule has 1 aliphatic rings. The van der Waals surface area contributed by atoms with Crippen molar-refractivity contribution < 1.29 is 14.3 Å². The van der Waals surface area contributed by atoms with Gasteiger partial charge < -0.3 is 14.4 Å². The zero-order valence-electron chi connectivity index (χ0n) is 18.2. The van der Waals surface area contributed by atoms with Crippen LogP contribution >= 0.6 is 15.9 Å². The van der Waals surface area contributed by atoms with E-state index in [4.69, 9.17) is 14.5 Å². The molecule has 1 aromatic heterocycles. The van der Waals surface area contributed by atoms with Gasteiger partial charge in [0.15, 0.2) is 0 Å². The van der Waals surface area contributed by atoms with Crippen molar-refractivity contribution in [1.82, 2.24) is 14.5 Å². The average molecular weight is 486 g/mol. The molecule has 0 saturated carbocycles. The summed E-state index contributed by atoms with van der Waals surface area (Å²) >= 11 is 3.49. The Morgan fingerprint density at radius 2 is 1.90 bits per heavy atom. The standard InChI is InChI=1S/C24H28BrN3O3/c1-24(2,3)31-23(29)27-14-6-7-19(27)16-30-22-26-20-8-4-5-9-21(20)28(22)15-17-10-12-18(25)13-11-17/h4-5,8-13,19H,6-7,14-16H2,1-3H3. The molecule has 2 heterocycles. The summed E-state index contributed by atoms with van der Waals surface area (Å²) in [5.41, 5.74) is 2.57. The van der Waals surface area contributed by atoms with Gasteiger partial charge in [-0.1, -0.05) is 40.2 Å². The highest BCUT2D eigenvalue weighted by molar-refractivity contribution is 9.10. The predicted octanol–water partition coefficient (Wildman–Crippen LogP) is 5.63. The normalized spacial score (nSPS) is 16.6. The molecule has 0 bridgehead atoms. The lowest BCUT2D eigenvalue weighted by atomic mass is 10.2. The first-order chi connectivity index (χ1) is 14.8. The Bertz CT molecular complexity index is 1060. The second kappa shape index (κ2) is 8.91. The van der Waals surface area contributed by atoms with Crippen molar-refractivity contribution in [3.63, 3.8) is 0 Å². The van der Waals surface area contributed by atoms with Gasteiger partial charge in [-0.3, -0.25) is 4.57 Å². The smallest absolute Gasteiger partial charge is 0.410 e. The number of likely N-dealkylation sites (tertiary alicyclic amines) is 1. The van der Waals surface area contributed by atoms with E-state index in [9.17, 15) is 4.79 Å². The van der Waals surface area contributed by atoms with Crippen molar-refractivity contribution in [1.29, 1.82) is 0 Å². The monoisotopic (exact) mass is 485 g/mol. The number of para-hydroxylation sites is 2. The highest BCUT2D eigenvalue weighted by Crippen LogP contribution is 2.26. The van der Waals surface area contributed by atoms with Crippen LogP contribution in [-0.2, 0) is 11.3 Å². The first kappa shape index (κ1) is 21.7. The molecule has 164 valence electrons. The maximum Gasteiger partial charge on any atom is 0.410 e. The molecule has 1 aliphatic heterocycles. The van der Waals surface area contributed by atoms with Crippen LogP contribution in [0.2, 0.25) is 0 Å². The van der Waals surface area contributed by atoms with E-state index >= 15 is 0 Å². The predicted molar refractivity (Wildman–Crippen MR) is 124 cm³/mol. The molecule has 1 amide bonds. The molecular formula is C24H28BrN3O3. The number of rotatable bonds is 5. The fraction of sp³-hybridized carbons (Fsp3) is 0.417. The summed E-state index contributed by atoms with van der Waals surface area (Å²) in [5, 5.41) is 0. The van der Waals surface area contributed by atoms with E-state index in [1.807, 2.05) is 51.1 Å². The van der Waals surface area contributed by atoms with Gasteiger partial charge in [0, 0.05) is 11.0 Å². The molecule has 1 fully saturated rings. The van der Waals surface area contributed by atoms with Gasteiger partial charge in [0.25, 0.3) is 6.01 Å². The van der Waals surface area contributed by atoms with Gasteiger partial charge in [0.2, 0.25) is 0 Å². The minimum Gasteiger partial charge on any atom is -0.462 e. The second-order valence-corrected chi connectivity index (χ2v) is 9.79. The molecule has 1 unspecified atom stereocenters. The van der Waals surface area contributed by atoms with Crippen LogP contribution in [0.1, 0.15) is 39.2 Å². The zero-order chi connectivity index (χ0) is 22.0. The van der Waals surface area contributed by atoms with Crippen LogP contribution in [0.15, 0.2) is 53.0 Å². The van der Waals surface area contributed by atoms with Gasteiger partial charge in [-0.15, -0.1) is 0 Å². The number of fused-ring (bicyclic) bond motifs is 1. The molecule has 4 rings (SSSR count). The molecule has 6 nitrogen and oxygen atoms in total. The van der Waals surface area contributed by atoms with E-state index in [2.05, 4.69) is 38.7 Å². The number of hydrogen-bond acceptors (Lipinski definition) is 4. The fourth-order valence-electron chi connectivity index (χ4n) is 3.83. The Balaban J connectivity index is 1.53. The quantitative estimate of drug-likeness (QED) is 0.470. The number of ether oxygens (including phenoxy) is 2. The number of benzene rings is 2. The largest absolute Gasteiger partial charge is 0.462 e. The number of carbonyl (C=O) groups is 1. The Kier molecular flexibility index (Phi) is 6.23. The van der Waals surface area contributed by atoms with Crippen LogP contribution in [-0.4, -0.2) is 45.3 Å². The molecule has 3 aromatic rings. The van der Waals surface area contributed by atoms with Gasteiger partial charge in [0.1, 0.15) is 12.2 Å². The molecule has 2 aromatic carbocycles. The summed E-state index contributed by atoms with van der Waals surface area (Å²) in [5.74, 6) is 0. The zero-order valence-corrected chi connectivity index (χ0v) is 19.8. The number of imidazole rings is 1. The van der Waals surface area contributed by atoms with Crippen molar-refractivity contribution in [2.75, 3.05) is 13.2 Å². The van der Waals surface area contributed by atoms with Crippen LogP contribution in [0.4, 0.5) is 4.79 Å². The van der Waals surface area contributed by atoms with E-state index in [1.54, 1.807) is 4.90 Å². The molecule has 0 N–H and O–H groups in total. The topological polar surface area (TPSA) is 56.6 Å². The summed E-state index contributed by atoms with van der Waals surface area (Å²) < 4.78 is 14.9. The second-order valence-electron chi connectivity index (χ2n) is 8.88. The third kappa shape index (κ3) is 5.21. The maximum atomic E-state index is 12.6. The molecule has 1 saturated heterocycles. The van der Waals surface area contributed by atoms with E-state index < -0.39 is 5.60 Å². The highest BCUT2D eigenvalue weighted by Gasteiger charge is 2.33. The first-order valence-corrected chi connectivity index (χ1v) is 11.4. The number of aromatic nitrogens is 2. The van der Waals surface area contributed by atoms with Crippen molar-refractivity contribution in [2.45, 2.75) is 51.8 Å². The molecule has 1 atom stereocenters. The summed E-state index contributed by atoms with van der Waals surface area (Å²) in [7, 11) is 0. The molecule has 31 heavy (non-hydrogen) atoms. The molecular weight excluding hydrogens is 458 g/mol. The van der Waals surface area contributed by atoms with Gasteiger partial charge in [0.05, 0.1) is 23.6 Å². The van der Waals surface area contributed by atoms with Crippen molar-refractivity contribution >= 4 is 33.1 Å². The van der Waals surface area contributed by atoms with Crippen molar-refractivity contribution in [2.24, 2.45) is 0 Å². The number of amides is 1. The number of carbonyl (C=O) groups excluding carboxylic acids is 1. The van der Waals surface area contributed by atoms with E-state index in [0.29, 0.717) is 25.7 Å². The molecule has 0 radical (unpaired) electrons. The van der Waals surface area contributed by atoms with Crippen LogP contribution in [0.3, 0.4) is 0 Å². The highest BCUT2D eigenvalue weighted by atomic mass is 79.9. The summed E-state index contributed by atoms with van der Waals surface area (Å²) in [4.78, 5) is 19.1. The summed E-state index contributed by atoms with van der Waals surface area (Å²) in [6.07, 6.45) is 1.57. The number of halogens is 1. The average Bonchev–Trinajstić information content (AvgIpc) is 3.32. The van der Waals surface area contributed by atoms with Crippen molar-refractivity contribution in [3.8, 4) is 6.01 Å².